The minimum absolute atomic E-state index is 0.00526. The van der Waals surface area contributed by atoms with Crippen molar-refractivity contribution < 1.29 is 4.79 Å². The maximum absolute atomic E-state index is 10.7. The van der Waals surface area contributed by atoms with Gasteiger partial charge in [-0.1, -0.05) is 12.1 Å². The molecule has 3 heteroatoms. The smallest absolute Gasteiger partial charge is 0.217 e. The van der Waals surface area contributed by atoms with Gasteiger partial charge >= 0.3 is 0 Å². The predicted octanol–water partition coefficient (Wildman–Crippen LogP) is 1.52. The highest BCUT2D eigenvalue weighted by atomic mass is 16.1. The number of nitrogens with zero attached hydrogens (tertiary/aromatic N) is 1. The molecule has 0 atom stereocenters. The summed E-state index contributed by atoms with van der Waals surface area (Å²) in [4.78, 5) is 10.7. The van der Waals surface area contributed by atoms with Crippen molar-refractivity contribution in [2.45, 2.75) is 13.5 Å². The van der Waals surface area contributed by atoms with Crippen molar-refractivity contribution in [3.8, 4) is 0 Å². The van der Waals surface area contributed by atoms with Crippen LogP contribution in [-0.4, -0.2) is 27.1 Å². The van der Waals surface area contributed by atoms with Crippen LogP contribution in [0.1, 0.15) is 12.5 Å². The third-order valence-electron chi connectivity index (χ3n) is 2.25. The number of quaternary nitrogens is 1. The van der Waals surface area contributed by atoms with E-state index in [1.807, 2.05) is 0 Å². The standard InChI is InChI=1S/C12H18N2O/c1-10(15)13-9-11-5-7-12(8-6-11)14(2,3)4/h5-8H,9H2,1-4H3/p+1. The van der Waals surface area contributed by atoms with Crippen molar-refractivity contribution in [2.24, 2.45) is 0 Å². The molecule has 3 nitrogen and oxygen atoms in total. The summed E-state index contributed by atoms with van der Waals surface area (Å²) >= 11 is 0. The highest BCUT2D eigenvalue weighted by Gasteiger charge is 2.10. The Morgan fingerprint density at radius 3 is 2.13 bits per heavy atom. The Hall–Kier alpha value is -1.35. The van der Waals surface area contributed by atoms with Crippen LogP contribution in [0.25, 0.3) is 0 Å². The van der Waals surface area contributed by atoms with Crippen molar-refractivity contribution in [2.75, 3.05) is 21.1 Å². The first-order valence-corrected chi connectivity index (χ1v) is 5.05. The first-order valence-electron chi connectivity index (χ1n) is 5.05. The quantitative estimate of drug-likeness (QED) is 0.748. The summed E-state index contributed by atoms with van der Waals surface area (Å²) in [7, 11) is 6.38. The maximum Gasteiger partial charge on any atom is 0.217 e. The second-order valence-corrected chi connectivity index (χ2v) is 4.59. The number of rotatable bonds is 3. The number of hydrogen-bond acceptors (Lipinski definition) is 1. The number of amides is 1. The van der Waals surface area contributed by atoms with Crippen LogP contribution in [0.2, 0.25) is 0 Å². The summed E-state index contributed by atoms with van der Waals surface area (Å²) in [5, 5.41) is 2.78. The van der Waals surface area contributed by atoms with Crippen molar-refractivity contribution in [1.29, 1.82) is 0 Å². The van der Waals surface area contributed by atoms with E-state index in [0.717, 1.165) is 10.0 Å². The Morgan fingerprint density at radius 1 is 1.20 bits per heavy atom. The van der Waals surface area contributed by atoms with Gasteiger partial charge in [0.25, 0.3) is 0 Å². The molecule has 1 amide bonds. The minimum atomic E-state index is 0.00526. The summed E-state index contributed by atoms with van der Waals surface area (Å²) in [5.74, 6) is 0.00526. The Morgan fingerprint density at radius 2 is 1.73 bits per heavy atom. The van der Waals surface area contributed by atoms with E-state index in [4.69, 9.17) is 0 Å². The molecule has 0 heterocycles. The highest BCUT2D eigenvalue weighted by molar-refractivity contribution is 5.72. The van der Waals surface area contributed by atoms with E-state index in [1.54, 1.807) is 0 Å². The third-order valence-corrected chi connectivity index (χ3v) is 2.25. The van der Waals surface area contributed by atoms with Gasteiger partial charge in [-0.15, -0.1) is 0 Å². The largest absolute Gasteiger partial charge is 0.352 e. The molecule has 82 valence electrons. The second kappa shape index (κ2) is 4.45. The van der Waals surface area contributed by atoms with Crippen LogP contribution in [-0.2, 0) is 11.3 Å². The second-order valence-electron chi connectivity index (χ2n) is 4.59. The van der Waals surface area contributed by atoms with E-state index in [0.29, 0.717) is 6.54 Å². The average molecular weight is 207 g/mol. The molecule has 0 saturated heterocycles. The summed E-state index contributed by atoms with van der Waals surface area (Å²) in [6.45, 7) is 2.13. The van der Waals surface area contributed by atoms with Crippen molar-refractivity contribution in [3.63, 3.8) is 0 Å². The van der Waals surface area contributed by atoms with E-state index >= 15 is 0 Å². The SMILES string of the molecule is CC(=O)NCc1ccc([N+](C)(C)C)cc1. The monoisotopic (exact) mass is 207 g/mol. The van der Waals surface area contributed by atoms with E-state index in [2.05, 4.69) is 50.7 Å². The normalized spacial score (nSPS) is 11.2. The first-order chi connectivity index (χ1) is 6.89. The van der Waals surface area contributed by atoms with E-state index in [1.165, 1.54) is 12.6 Å². The Labute approximate surface area is 91.3 Å². The minimum Gasteiger partial charge on any atom is -0.352 e. The van der Waals surface area contributed by atoms with Gasteiger partial charge in [0.05, 0.1) is 21.1 Å². The molecule has 0 aromatic heterocycles. The van der Waals surface area contributed by atoms with Crippen molar-refractivity contribution in [1.82, 2.24) is 9.80 Å². The van der Waals surface area contributed by atoms with Gasteiger partial charge in [-0.25, -0.2) is 0 Å². The van der Waals surface area contributed by atoms with Crippen LogP contribution >= 0.6 is 0 Å². The molecule has 0 spiro atoms. The van der Waals surface area contributed by atoms with Gasteiger partial charge in [-0.05, 0) is 17.7 Å². The van der Waals surface area contributed by atoms with Crippen LogP contribution in [0, 0.1) is 0 Å². The molecule has 0 saturated carbocycles. The summed E-state index contributed by atoms with van der Waals surface area (Å²) in [5.41, 5.74) is 2.38. The summed E-state index contributed by atoms with van der Waals surface area (Å²) < 4.78 is 0.806. The summed E-state index contributed by atoms with van der Waals surface area (Å²) in [6.07, 6.45) is 0. The van der Waals surface area contributed by atoms with Gasteiger partial charge in [0.15, 0.2) is 0 Å². The van der Waals surface area contributed by atoms with Crippen molar-refractivity contribution >= 4 is 11.6 Å². The van der Waals surface area contributed by atoms with Crippen molar-refractivity contribution in [3.05, 3.63) is 29.8 Å². The van der Waals surface area contributed by atoms with E-state index in [-0.39, 0.29) is 5.91 Å². The number of hydrogen-bond donors (Lipinski definition) is 1. The predicted molar refractivity (Wildman–Crippen MR) is 63.5 cm³/mol. The highest BCUT2D eigenvalue weighted by Crippen LogP contribution is 2.16. The number of benzene rings is 1. The van der Waals surface area contributed by atoms with E-state index in [9.17, 15) is 4.79 Å². The zero-order valence-corrected chi connectivity index (χ0v) is 9.87. The van der Waals surface area contributed by atoms with Gasteiger partial charge in [-0.2, -0.15) is 0 Å². The molecule has 0 radical (unpaired) electrons. The zero-order valence-electron chi connectivity index (χ0n) is 9.87. The molecule has 0 aliphatic carbocycles. The zero-order chi connectivity index (χ0) is 11.5. The molecular formula is C12H19N2O+. The molecule has 1 rings (SSSR count). The topological polar surface area (TPSA) is 29.1 Å². The van der Waals surface area contributed by atoms with Gasteiger partial charge in [0.1, 0.15) is 5.69 Å². The molecule has 0 bridgehead atoms. The molecule has 0 fully saturated rings. The van der Waals surface area contributed by atoms with E-state index < -0.39 is 0 Å². The molecule has 1 aromatic rings. The Balaban J connectivity index is 2.69. The average Bonchev–Trinajstić information content (AvgIpc) is 2.14. The van der Waals surface area contributed by atoms with Crippen LogP contribution in [0.4, 0.5) is 5.69 Å². The third kappa shape index (κ3) is 3.72. The van der Waals surface area contributed by atoms with Crippen LogP contribution in [0.15, 0.2) is 24.3 Å². The number of nitrogens with one attached hydrogen (secondary N) is 1. The fourth-order valence-electron chi connectivity index (χ4n) is 1.29. The molecule has 15 heavy (non-hydrogen) atoms. The molecule has 1 aromatic carbocycles. The molecule has 1 N–H and O–H groups in total. The lowest BCUT2D eigenvalue weighted by Gasteiger charge is -2.23. The lowest BCUT2D eigenvalue weighted by molar-refractivity contribution is -0.119. The van der Waals surface area contributed by atoms with Gasteiger partial charge in [0.2, 0.25) is 5.91 Å². The molecular weight excluding hydrogens is 188 g/mol. The number of carbonyl (C=O) groups excluding carboxylic acids is 1. The van der Waals surface area contributed by atoms with Crippen LogP contribution in [0.5, 0.6) is 0 Å². The molecule has 0 aliphatic heterocycles. The van der Waals surface area contributed by atoms with Crippen LogP contribution in [0.3, 0.4) is 0 Å². The molecule has 0 unspecified atom stereocenters. The lowest BCUT2D eigenvalue weighted by Crippen LogP contribution is -2.34. The van der Waals surface area contributed by atoms with Crippen LogP contribution < -0.4 is 9.80 Å². The van der Waals surface area contributed by atoms with Gasteiger partial charge in [-0.3, -0.25) is 9.28 Å². The fourth-order valence-corrected chi connectivity index (χ4v) is 1.29. The lowest BCUT2D eigenvalue weighted by atomic mass is 10.2. The maximum atomic E-state index is 10.7. The summed E-state index contributed by atoms with van der Waals surface area (Å²) in [6, 6.07) is 8.29. The Bertz CT molecular complexity index is 336. The van der Waals surface area contributed by atoms with Gasteiger partial charge < -0.3 is 5.32 Å². The first kappa shape index (κ1) is 11.7. The van der Waals surface area contributed by atoms with Gasteiger partial charge in [0, 0.05) is 13.5 Å². The number of carbonyl (C=O) groups is 1. The fraction of sp³-hybridized carbons (Fsp3) is 0.417. The molecule has 0 aliphatic rings. The Kier molecular flexibility index (Phi) is 3.48.